The molecule has 0 aliphatic heterocycles. The number of carbonyl (C=O) groups excluding carboxylic acids is 1. The van der Waals surface area contributed by atoms with E-state index in [0.29, 0.717) is 13.0 Å². The second-order valence-corrected chi connectivity index (χ2v) is 5.30. The summed E-state index contributed by atoms with van der Waals surface area (Å²) in [6, 6.07) is -0.517. The Morgan fingerprint density at radius 2 is 2.32 bits per heavy atom. The van der Waals surface area contributed by atoms with Crippen molar-refractivity contribution in [2.75, 3.05) is 0 Å². The molecule has 1 heterocycles. The number of aromatic nitrogens is 1. The number of carboxylic acids is 1. The van der Waals surface area contributed by atoms with Crippen molar-refractivity contribution in [3.8, 4) is 0 Å². The first-order valence-corrected chi connectivity index (χ1v) is 6.78. The van der Waals surface area contributed by atoms with Crippen LogP contribution in [0.25, 0.3) is 0 Å². The summed E-state index contributed by atoms with van der Waals surface area (Å²) < 4.78 is 0. The average Bonchev–Trinajstić information content (AvgIpc) is 2.96. The molecule has 3 N–H and O–H groups in total. The molecule has 2 amide bonds. The highest BCUT2D eigenvalue weighted by atomic mass is 32.1. The smallest absolute Gasteiger partial charge is 0.315 e. The van der Waals surface area contributed by atoms with Crippen molar-refractivity contribution in [2.45, 2.75) is 25.9 Å². The first-order chi connectivity index (χ1) is 9.06. The number of nitrogens with zero attached hydrogens (tertiary/aromatic N) is 1. The highest BCUT2D eigenvalue weighted by Crippen LogP contribution is 2.17. The van der Waals surface area contributed by atoms with Gasteiger partial charge in [0.1, 0.15) is 0 Å². The number of rotatable bonds is 4. The van der Waals surface area contributed by atoms with E-state index in [1.807, 2.05) is 6.92 Å². The van der Waals surface area contributed by atoms with Crippen molar-refractivity contribution in [1.29, 1.82) is 0 Å². The zero-order valence-electron chi connectivity index (χ0n) is 10.4. The number of hydrogen-bond acceptors (Lipinski definition) is 4. The summed E-state index contributed by atoms with van der Waals surface area (Å²) in [5, 5.41) is 14.3. The van der Waals surface area contributed by atoms with E-state index in [1.54, 1.807) is 17.7 Å². The molecule has 7 heteroatoms. The lowest BCUT2D eigenvalue weighted by molar-refractivity contribution is -0.140. The number of amides is 2. The molecule has 1 aliphatic rings. The van der Waals surface area contributed by atoms with E-state index in [2.05, 4.69) is 15.6 Å². The van der Waals surface area contributed by atoms with Gasteiger partial charge in [0, 0.05) is 4.88 Å². The summed E-state index contributed by atoms with van der Waals surface area (Å²) in [4.78, 5) is 27.5. The van der Waals surface area contributed by atoms with Gasteiger partial charge in [-0.15, -0.1) is 11.3 Å². The van der Waals surface area contributed by atoms with Gasteiger partial charge in [-0.1, -0.05) is 12.2 Å². The van der Waals surface area contributed by atoms with Gasteiger partial charge in [0.05, 0.1) is 29.7 Å². The van der Waals surface area contributed by atoms with E-state index in [9.17, 15) is 9.59 Å². The summed E-state index contributed by atoms with van der Waals surface area (Å²) in [6.45, 7) is 2.32. The number of carbonyl (C=O) groups is 2. The fourth-order valence-electron chi connectivity index (χ4n) is 1.86. The molecule has 1 aliphatic carbocycles. The van der Waals surface area contributed by atoms with Crippen LogP contribution in [0, 0.1) is 12.8 Å². The molecule has 0 saturated heterocycles. The number of nitrogens with one attached hydrogen (secondary N) is 2. The third-order valence-electron chi connectivity index (χ3n) is 2.97. The van der Waals surface area contributed by atoms with E-state index in [-0.39, 0.29) is 12.1 Å². The SMILES string of the molecule is Cc1ncsc1CNC(=O)NC1C=CC(C(=O)O)C1. The van der Waals surface area contributed by atoms with Gasteiger partial charge in [-0.05, 0) is 13.3 Å². The zero-order valence-corrected chi connectivity index (χ0v) is 11.2. The molecular formula is C12H15N3O3S. The largest absolute Gasteiger partial charge is 0.481 e. The molecular weight excluding hydrogens is 266 g/mol. The van der Waals surface area contributed by atoms with E-state index in [0.717, 1.165) is 10.6 Å². The molecule has 0 bridgehead atoms. The molecule has 0 spiro atoms. The second kappa shape index (κ2) is 5.83. The maximum absolute atomic E-state index is 11.7. The Labute approximate surface area is 114 Å². The third kappa shape index (κ3) is 3.54. The molecule has 102 valence electrons. The van der Waals surface area contributed by atoms with E-state index < -0.39 is 11.9 Å². The maximum atomic E-state index is 11.7. The summed E-state index contributed by atoms with van der Waals surface area (Å²) in [6.07, 6.45) is 3.74. The normalized spacial score (nSPS) is 21.3. The molecule has 2 unspecified atom stereocenters. The number of hydrogen-bond donors (Lipinski definition) is 3. The van der Waals surface area contributed by atoms with Crippen LogP contribution < -0.4 is 10.6 Å². The quantitative estimate of drug-likeness (QED) is 0.725. The molecule has 0 fully saturated rings. The minimum Gasteiger partial charge on any atom is -0.481 e. The number of aliphatic carboxylic acids is 1. The van der Waals surface area contributed by atoms with Crippen molar-refractivity contribution >= 4 is 23.3 Å². The summed E-state index contributed by atoms with van der Waals surface area (Å²) in [7, 11) is 0. The van der Waals surface area contributed by atoms with Gasteiger partial charge < -0.3 is 15.7 Å². The van der Waals surface area contributed by atoms with Crippen LogP contribution in [0.15, 0.2) is 17.7 Å². The van der Waals surface area contributed by atoms with E-state index >= 15 is 0 Å². The average molecular weight is 281 g/mol. The number of thiazole rings is 1. The van der Waals surface area contributed by atoms with Crippen molar-refractivity contribution in [2.24, 2.45) is 5.92 Å². The molecule has 2 atom stereocenters. The maximum Gasteiger partial charge on any atom is 0.315 e. The number of carboxylic acid groups (broad SMARTS) is 1. The summed E-state index contributed by atoms with van der Waals surface area (Å²) in [5.41, 5.74) is 2.65. The minimum absolute atomic E-state index is 0.219. The Hall–Kier alpha value is -1.89. The summed E-state index contributed by atoms with van der Waals surface area (Å²) in [5.74, 6) is -1.37. The van der Waals surface area contributed by atoms with Crippen LogP contribution in [-0.2, 0) is 11.3 Å². The second-order valence-electron chi connectivity index (χ2n) is 4.36. The predicted octanol–water partition coefficient (Wildman–Crippen LogP) is 1.28. The summed E-state index contributed by atoms with van der Waals surface area (Å²) >= 11 is 1.49. The lowest BCUT2D eigenvalue weighted by atomic mass is 10.1. The molecule has 6 nitrogen and oxygen atoms in total. The fraction of sp³-hybridized carbons (Fsp3) is 0.417. The van der Waals surface area contributed by atoms with Gasteiger partial charge in [-0.2, -0.15) is 0 Å². The van der Waals surface area contributed by atoms with Gasteiger partial charge in [0.15, 0.2) is 0 Å². The van der Waals surface area contributed by atoms with Crippen LogP contribution in [0.4, 0.5) is 4.79 Å². The fourth-order valence-corrected chi connectivity index (χ4v) is 2.58. The number of urea groups is 1. The van der Waals surface area contributed by atoms with Gasteiger partial charge in [-0.25, -0.2) is 9.78 Å². The molecule has 2 rings (SSSR count). The highest BCUT2D eigenvalue weighted by molar-refractivity contribution is 7.09. The monoisotopic (exact) mass is 281 g/mol. The van der Waals surface area contributed by atoms with Crippen LogP contribution in [0.2, 0.25) is 0 Å². The Bertz CT molecular complexity index is 512. The molecule has 0 radical (unpaired) electrons. The Kier molecular flexibility index (Phi) is 4.16. The Morgan fingerprint density at radius 1 is 1.53 bits per heavy atom. The molecule has 1 aromatic rings. The Balaban J connectivity index is 1.75. The van der Waals surface area contributed by atoms with E-state index in [1.165, 1.54) is 11.3 Å². The minimum atomic E-state index is -0.860. The zero-order chi connectivity index (χ0) is 13.8. The topological polar surface area (TPSA) is 91.3 Å². The van der Waals surface area contributed by atoms with Crippen LogP contribution >= 0.6 is 11.3 Å². The first-order valence-electron chi connectivity index (χ1n) is 5.90. The molecule has 1 aromatic heterocycles. The van der Waals surface area contributed by atoms with Crippen molar-refractivity contribution in [1.82, 2.24) is 15.6 Å². The molecule has 0 saturated carbocycles. The molecule has 0 aromatic carbocycles. The third-order valence-corrected chi connectivity index (χ3v) is 3.91. The van der Waals surface area contributed by atoms with Crippen LogP contribution in [-0.4, -0.2) is 28.1 Å². The van der Waals surface area contributed by atoms with Crippen LogP contribution in [0.3, 0.4) is 0 Å². The Morgan fingerprint density at radius 3 is 2.89 bits per heavy atom. The lowest BCUT2D eigenvalue weighted by Gasteiger charge is -2.12. The lowest BCUT2D eigenvalue weighted by Crippen LogP contribution is -2.40. The first kappa shape index (κ1) is 13.5. The van der Waals surface area contributed by atoms with Crippen LogP contribution in [0.5, 0.6) is 0 Å². The van der Waals surface area contributed by atoms with Crippen molar-refractivity contribution < 1.29 is 14.7 Å². The standard InChI is InChI=1S/C12H15N3O3S/c1-7-10(19-6-14-7)5-13-12(18)15-9-3-2-8(4-9)11(16)17/h2-3,6,8-9H,4-5H2,1H3,(H,16,17)(H2,13,15,18). The van der Waals surface area contributed by atoms with Crippen molar-refractivity contribution in [3.63, 3.8) is 0 Å². The van der Waals surface area contributed by atoms with Gasteiger partial charge >= 0.3 is 12.0 Å². The number of aryl methyl sites for hydroxylation is 1. The molecule has 19 heavy (non-hydrogen) atoms. The van der Waals surface area contributed by atoms with Gasteiger partial charge in [0.2, 0.25) is 0 Å². The van der Waals surface area contributed by atoms with E-state index in [4.69, 9.17) is 5.11 Å². The predicted molar refractivity (Wildman–Crippen MR) is 70.9 cm³/mol. The highest BCUT2D eigenvalue weighted by Gasteiger charge is 2.25. The van der Waals surface area contributed by atoms with Crippen molar-refractivity contribution in [3.05, 3.63) is 28.2 Å². The van der Waals surface area contributed by atoms with Gasteiger partial charge in [-0.3, -0.25) is 4.79 Å². The van der Waals surface area contributed by atoms with Gasteiger partial charge in [0.25, 0.3) is 0 Å². The van der Waals surface area contributed by atoms with Crippen LogP contribution in [0.1, 0.15) is 17.0 Å².